The van der Waals surface area contributed by atoms with Crippen molar-refractivity contribution in [3.8, 4) is 16.9 Å². The molecule has 3 atom stereocenters. The molecule has 3 heterocycles. The first kappa shape index (κ1) is 32.4. The van der Waals surface area contributed by atoms with Crippen molar-refractivity contribution in [3.05, 3.63) is 81.1 Å². The summed E-state index contributed by atoms with van der Waals surface area (Å²) in [5.74, 6) is 0.405. The van der Waals surface area contributed by atoms with Gasteiger partial charge in [-0.25, -0.2) is 9.18 Å². The third-order valence-corrected chi connectivity index (χ3v) is 8.67. The molecular formula is C34H42ClFN8O. The topological polar surface area (TPSA) is 134 Å². The summed E-state index contributed by atoms with van der Waals surface area (Å²) in [6, 6.07) is 14.1. The number of piperidine rings is 1. The molecule has 238 valence electrons. The van der Waals surface area contributed by atoms with Gasteiger partial charge in [0.25, 0.3) is 0 Å². The lowest BCUT2D eigenvalue weighted by atomic mass is 9.92. The largest absolute Gasteiger partial charge is 0.374 e. The van der Waals surface area contributed by atoms with E-state index in [9.17, 15) is 4.79 Å². The van der Waals surface area contributed by atoms with Crippen LogP contribution >= 0.6 is 11.6 Å². The summed E-state index contributed by atoms with van der Waals surface area (Å²) in [4.78, 5) is 20.4. The van der Waals surface area contributed by atoms with E-state index in [1.54, 1.807) is 38.2 Å². The number of aromatic amines is 1. The van der Waals surface area contributed by atoms with E-state index >= 15 is 4.39 Å². The van der Waals surface area contributed by atoms with Crippen LogP contribution in [0.4, 0.5) is 4.39 Å². The Bertz CT molecular complexity index is 1730. The molecule has 2 aromatic carbocycles. The Balaban J connectivity index is 1.32. The zero-order valence-electron chi connectivity index (χ0n) is 26.1. The van der Waals surface area contributed by atoms with Crippen molar-refractivity contribution in [2.75, 3.05) is 6.54 Å². The average Bonchev–Trinajstić information content (AvgIpc) is 3.40. The Labute approximate surface area is 268 Å². The number of benzene rings is 2. The summed E-state index contributed by atoms with van der Waals surface area (Å²) in [6.07, 6.45) is 8.45. The molecule has 45 heavy (non-hydrogen) atoms. The molecule has 2 aromatic heterocycles. The van der Waals surface area contributed by atoms with E-state index < -0.39 is 11.5 Å². The number of aromatic nitrogens is 3. The van der Waals surface area contributed by atoms with Crippen LogP contribution in [0.2, 0.25) is 5.02 Å². The lowest BCUT2D eigenvalue weighted by molar-refractivity contribution is 0.312. The normalized spacial score (nSPS) is 17.3. The molecule has 4 aromatic rings. The highest BCUT2D eigenvalue weighted by Gasteiger charge is 2.22. The zero-order chi connectivity index (χ0) is 32.1. The number of H-pyrrole nitrogens is 1. The van der Waals surface area contributed by atoms with E-state index in [0.29, 0.717) is 52.1 Å². The molecule has 6 N–H and O–H groups in total. The van der Waals surface area contributed by atoms with E-state index in [1.807, 2.05) is 19.1 Å². The second kappa shape index (κ2) is 14.4. The first-order valence-corrected chi connectivity index (χ1v) is 16.0. The molecule has 1 aliphatic rings. The van der Waals surface area contributed by atoms with Crippen molar-refractivity contribution >= 4 is 34.3 Å². The fourth-order valence-corrected chi connectivity index (χ4v) is 6.42. The maximum atomic E-state index is 15.2. The van der Waals surface area contributed by atoms with E-state index in [-0.39, 0.29) is 17.1 Å². The molecule has 0 amide bonds. The molecule has 0 radical (unpaired) electrons. The number of hydrogen-bond donors (Lipinski definition) is 6. The summed E-state index contributed by atoms with van der Waals surface area (Å²) < 4.78 is 16.7. The monoisotopic (exact) mass is 632 g/mol. The second-order valence-corrected chi connectivity index (χ2v) is 12.6. The molecule has 0 bridgehead atoms. The Hall–Kier alpha value is -4.02. The number of nitrogens with one attached hydrogen (secondary N) is 6. The molecule has 0 unspecified atom stereocenters. The molecule has 11 heteroatoms. The maximum absolute atomic E-state index is 15.2. The molecule has 0 saturated carbocycles. The minimum absolute atomic E-state index is 0.0483. The third kappa shape index (κ3) is 8.18. The van der Waals surface area contributed by atoms with Crippen LogP contribution in [0.5, 0.6) is 0 Å². The van der Waals surface area contributed by atoms with Gasteiger partial charge in [-0.3, -0.25) is 15.4 Å². The van der Waals surface area contributed by atoms with Crippen LogP contribution in [0.25, 0.3) is 28.0 Å². The minimum atomic E-state index is -0.521. The van der Waals surface area contributed by atoms with Gasteiger partial charge in [0.2, 0.25) is 0 Å². The first-order valence-electron chi connectivity index (χ1n) is 15.6. The summed E-state index contributed by atoms with van der Waals surface area (Å²) in [5, 5.41) is 25.8. The fourth-order valence-electron chi connectivity index (χ4n) is 6.18. The standard InChI is InChI=1S/C34H42ClFN8O/c1-20(40-22(3)38)6-4-7-23-16-28(32(36)29(35)17-23)31-18-25-19-44(34(45)43-33(25)42-31)27-12-10-24(11-13-27)30-9-5-8-26(41-30)14-15-39-21(2)37/h10-13,16-20,26,30,41H,4-9,14-15H2,1-3H3,(H2,37,39)(H2,38,40)(H,42,43,45)/t20-,26-,30-/m0/s1. The predicted octanol–water partition coefficient (Wildman–Crippen LogP) is 6.63. The van der Waals surface area contributed by atoms with E-state index in [2.05, 4.69) is 38.1 Å². The third-order valence-electron chi connectivity index (χ3n) is 8.39. The molecule has 1 saturated heterocycles. The highest BCUT2D eigenvalue weighted by atomic mass is 35.5. The Morgan fingerprint density at radius 1 is 1.16 bits per heavy atom. The maximum Gasteiger partial charge on any atom is 0.354 e. The summed E-state index contributed by atoms with van der Waals surface area (Å²) >= 11 is 6.30. The van der Waals surface area contributed by atoms with Gasteiger partial charge in [-0.2, -0.15) is 4.98 Å². The van der Waals surface area contributed by atoms with Gasteiger partial charge in [0.1, 0.15) is 5.65 Å². The number of nitrogens with zero attached hydrogens (tertiary/aromatic N) is 2. The van der Waals surface area contributed by atoms with Gasteiger partial charge in [0.15, 0.2) is 5.82 Å². The van der Waals surface area contributed by atoms with E-state index in [4.69, 9.17) is 22.4 Å². The Kier molecular flexibility index (Phi) is 10.4. The predicted molar refractivity (Wildman–Crippen MR) is 181 cm³/mol. The van der Waals surface area contributed by atoms with Crippen molar-refractivity contribution in [1.29, 1.82) is 10.8 Å². The Morgan fingerprint density at radius 3 is 2.67 bits per heavy atom. The van der Waals surface area contributed by atoms with E-state index in [0.717, 1.165) is 50.6 Å². The number of fused-ring (bicyclic) bond motifs is 1. The molecule has 1 aliphatic heterocycles. The van der Waals surface area contributed by atoms with Crippen LogP contribution < -0.4 is 21.6 Å². The Morgan fingerprint density at radius 2 is 1.93 bits per heavy atom. The molecule has 0 spiro atoms. The fraction of sp³-hybridized carbons (Fsp3) is 0.412. The van der Waals surface area contributed by atoms with Crippen molar-refractivity contribution in [3.63, 3.8) is 0 Å². The summed E-state index contributed by atoms with van der Waals surface area (Å²) in [6.45, 7) is 6.30. The van der Waals surface area contributed by atoms with Gasteiger partial charge >= 0.3 is 5.69 Å². The smallest absolute Gasteiger partial charge is 0.354 e. The van der Waals surface area contributed by atoms with Crippen LogP contribution in [0.15, 0.2) is 53.5 Å². The van der Waals surface area contributed by atoms with Crippen LogP contribution in [0, 0.1) is 16.6 Å². The molecule has 5 rings (SSSR count). The number of amidine groups is 2. The lowest BCUT2D eigenvalue weighted by Crippen LogP contribution is -2.39. The van der Waals surface area contributed by atoms with E-state index in [1.165, 1.54) is 10.1 Å². The van der Waals surface area contributed by atoms with Gasteiger partial charge in [0.05, 0.1) is 28.1 Å². The highest BCUT2D eigenvalue weighted by Crippen LogP contribution is 2.32. The van der Waals surface area contributed by atoms with Crippen LogP contribution in [-0.4, -0.2) is 44.8 Å². The summed E-state index contributed by atoms with van der Waals surface area (Å²) in [7, 11) is 0. The molecular weight excluding hydrogens is 591 g/mol. The van der Waals surface area contributed by atoms with Crippen molar-refractivity contribution in [2.24, 2.45) is 0 Å². The number of halogens is 2. The lowest BCUT2D eigenvalue weighted by Gasteiger charge is -2.31. The second-order valence-electron chi connectivity index (χ2n) is 12.2. The first-order chi connectivity index (χ1) is 21.6. The van der Waals surface area contributed by atoms with Crippen molar-refractivity contribution in [2.45, 2.75) is 83.8 Å². The highest BCUT2D eigenvalue weighted by molar-refractivity contribution is 6.31. The molecule has 1 fully saturated rings. The van der Waals surface area contributed by atoms with Gasteiger partial charge < -0.3 is 20.9 Å². The van der Waals surface area contributed by atoms with Gasteiger partial charge in [0, 0.05) is 41.8 Å². The minimum Gasteiger partial charge on any atom is -0.374 e. The average molecular weight is 633 g/mol. The number of rotatable bonds is 11. The van der Waals surface area contributed by atoms with Crippen molar-refractivity contribution < 1.29 is 4.39 Å². The molecule has 0 aliphatic carbocycles. The van der Waals surface area contributed by atoms with Gasteiger partial charge in [-0.1, -0.05) is 30.2 Å². The zero-order valence-corrected chi connectivity index (χ0v) is 26.8. The van der Waals surface area contributed by atoms with Crippen molar-refractivity contribution in [1.82, 2.24) is 30.5 Å². The number of aryl methyl sites for hydroxylation is 1. The van der Waals surface area contributed by atoms with Gasteiger partial charge in [-0.05, 0) is 101 Å². The molecule has 9 nitrogen and oxygen atoms in total. The van der Waals surface area contributed by atoms with Crippen LogP contribution in [-0.2, 0) is 6.42 Å². The number of hydrogen-bond acceptors (Lipinski definition) is 5. The van der Waals surface area contributed by atoms with Crippen LogP contribution in [0.3, 0.4) is 0 Å². The SMILES string of the molecule is CC(=N)NCC[C@@H]1CCC[C@@H](c2ccc(-n3cc4cc(-c5cc(CCC[C@H](C)NC(C)=N)cc(Cl)c5F)[nH]c4nc3=O)cc2)N1. The quantitative estimate of drug-likeness (QED) is 0.0815. The summed E-state index contributed by atoms with van der Waals surface area (Å²) in [5.41, 5.74) is 3.59. The van der Waals surface area contributed by atoms with Gasteiger partial charge in [-0.15, -0.1) is 0 Å². The van der Waals surface area contributed by atoms with Crippen LogP contribution in [0.1, 0.15) is 76.5 Å².